The molecule has 3 nitrogen and oxygen atoms in total. The number of nitrogens with zero attached hydrogens (tertiary/aromatic N) is 2. The normalized spacial score (nSPS) is 11.8. The Labute approximate surface area is 124 Å². The Kier molecular flexibility index (Phi) is 4.29. The van der Waals surface area contributed by atoms with Gasteiger partial charge in [0, 0.05) is 29.5 Å². The van der Waals surface area contributed by atoms with Crippen LogP contribution in [0.3, 0.4) is 0 Å². The predicted molar refractivity (Wildman–Crippen MR) is 83.3 cm³/mol. The predicted octanol–water partition coefficient (Wildman–Crippen LogP) is 4.00. The van der Waals surface area contributed by atoms with Crippen LogP contribution in [0.2, 0.25) is 5.02 Å². The third kappa shape index (κ3) is 2.93. The summed E-state index contributed by atoms with van der Waals surface area (Å²) in [7, 11) is 1.94. The molecule has 1 atom stereocenters. The molecule has 102 valence electrons. The molecule has 0 fully saturated rings. The van der Waals surface area contributed by atoms with Gasteiger partial charge in [-0.15, -0.1) is 0 Å². The molecule has 2 rings (SSSR count). The van der Waals surface area contributed by atoms with Crippen molar-refractivity contribution >= 4 is 23.0 Å². The van der Waals surface area contributed by atoms with Gasteiger partial charge in [-0.25, -0.2) is 0 Å². The fourth-order valence-electron chi connectivity index (χ4n) is 2.03. The summed E-state index contributed by atoms with van der Waals surface area (Å²) in [5, 5.41) is 9.61. The van der Waals surface area contributed by atoms with Crippen molar-refractivity contribution in [3.05, 3.63) is 58.6 Å². The van der Waals surface area contributed by atoms with Gasteiger partial charge in [0.1, 0.15) is 0 Å². The van der Waals surface area contributed by atoms with Gasteiger partial charge >= 0.3 is 0 Å². The van der Waals surface area contributed by atoms with Crippen molar-refractivity contribution in [2.24, 2.45) is 5.73 Å². The molecule has 2 aromatic rings. The lowest BCUT2D eigenvalue weighted by atomic mass is 10.1. The zero-order valence-corrected chi connectivity index (χ0v) is 12.2. The van der Waals surface area contributed by atoms with E-state index < -0.39 is 0 Å². The second kappa shape index (κ2) is 5.96. The van der Waals surface area contributed by atoms with Gasteiger partial charge in [-0.3, -0.25) is 0 Å². The molecule has 0 bridgehead atoms. The van der Waals surface area contributed by atoms with Crippen LogP contribution in [0.4, 0.5) is 11.4 Å². The maximum Gasteiger partial charge on any atom is 0.0992 e. The molecule has 0 heterocycles. The summed E-state index contributed by atoms with van der Waals surface area (Å²) in [5.41, 5.74) is 9.31. The average Bonchev–Trinajstić information content (AvgIpc) is 2.46. The monoisotopic (exact) mass is 285 g/mol. The third-order valence-electron chi connectivity index (χ3n) is 3.22. The highest BCUT2D eigenvalue weighted by Crippen LogP contribution is 2.30. The Morgan fingerprint density at radius 2 is 1.90 bits per heavy atom. The quantitative estimate of drug-likeness (QED) is 0.927. The Morgan fingerprint density at radius 3 is 2.50 bits per heavy atom. The molecule has 0 spiro atoms. The van der Waals surface area contributed by atoms with Crippen molar-refractivity contribution in [3.8, 4) is 6.07 Å². The number of anilines is 2. The first kappa shape index (κ1) is 14.4. The summed E-state index contributed by atoms with van der Waals surface area (Å²) >= 11 is 6.26. The molecule has 0 aliphatic rings. The van der Waals surface area contributed by atoms with E-state index in [1.807, 2.05) is 55.3 Å². The molecule has 0 aliphatic heterocycles. The molecule has 2 N–H and O–H groups in total. The van der Waals surface area contributed by atoms with Crippen molar-refractivity contribution < 1.29 is 0 Å². The van der Waals surface area contributed by atoms with E-state index in [4.69, 9.17) is 22.6 Å². The van der Waals surface area contributed by atoms with Crippen molar-refractivity contribution in [1.29, 1.82) is 5.26 Å². The van der Waals surface area contributed by atoms with Crippen molar-refractivity contribution in [3.63, 3.8) is 0 Å². The highest BCUT2D eigenvalue weighted by atomic mass is 35.5. The van der Waals surface area contributed by atoms with Gasteiger partial charge in [0.25, 0.3) is 0 Å². The van der Waals surface area contributed by atoms with Gasteiger partial charge in [-0.1, -0.05) is 23.7 Å². The average molecular weight is 286 g/mol. The van der Waals surface area contributed by atoms with Crippen molar-refractivity contribution in [2.75, 3.05) is 11.9 Å². The summed E-state index contributed by atoms with van der Waals surface area (Å²) in [6, 6.07) is 15.3. The van der Waals surface area contributed by atoms with Crippen LogP contribution in [0.25, 0.3) is 0 Å². The van der Waals surface area contributed by atoms with Crippen molar-refractivity contribution in [2.45, 2.75) is 13.0 Å². The first-order valence-corrected chi connectivity index (χ1v) is 6.69. The van der Waals surface area contributed by atoms with Gasteiger partial charge in [0.15, 0.2) is 0 Å². The molecule has 0 amide bonds. The fraction of sp³-hybridized carbons (Fsp3) is 0.188. The van der Waals surface area contributed by atoms with E-state index in [2.05, 4.69) is 6.07 Å². The molecule has 0 aliphatic carbocycles. The lowest BCUT2D eigenvalue weighted by Crippen LogP contribution is -2.11. The van der Waals surface area contributed by atoms with Crippen LogP contribution in [-0.4, -0.2) is 7.05 Å². The molecule has 4 heteroatoms. The number of benzene rings is 2. The summed E-state index contributed by atoms with van der Waals surface area (Å²) in [5.74, 6) is 0. The Balaban J connectivity index is 2.36. The van der Waals surface area contributed by atoms with Gasteiger partial charge in [0.05, 0.1) is 11.6 Å². The highest BCUT2D eigenvalue weighted by molar-refractivity contribution is 6.31. The maximum absolute atomic E-state index is 8.95. The lowest BCUT2D eigenvalue weighted by Gasteiger charge is -2.21. The fourth-order valence-corrected chi connectivity index (χ4v) is 2.37. The molecule has 0 saturated heterocycles. The summed E-state index contributed by atoms with van der Waals surface area (Å²) in [4.78, 5) is 1.98. The molecule has 0 radical (unpaired) electrons. The third-order valence-corrected chi connectivity index (χ3v) is 3.55. The molecular formula is C16H16ClN3. The van der Waals surface area contributed by atoms with Gasteiger partial charge in [0.2, 0.25) is 0 Å². The SMILES string of the molecule is CC(N)c1ccc(N(C)c2cccc(C#N)c2)cc1Cl. The molecule has 2 aromatic carbocycles. The minimum Gasteiger partial charge on any atom is -0.345 e. The Bertz CT molecular complexity index is 659. The second-order valence-corrected chi connectivity index (χ2v) is 5.12. The number of rotatable bonds is 3. The number of nitrogens with two attached hydrogens (primary N) is 1. The topological polar surface area (TPSA) is 53.0 Å². The van der Waals surface area contributed by atoms with E-state index in [9.17, 15) is 0 Å². The van der Waals surface area contributed by atoms with Crippen molar-refractivity contribution in [1.82, 2.24) is 0 Å². The number of nitriles is 1. The van der Waals surface area contributed by atoms with E-state index >= 15 is 0 Å². The molecule has 20 heavy (non-hydrogen) atoms. The van der Waals surface area contributed by atoms with Gasteiger partial charge < -0.3 is 10.6 Å². The van der Waals surface area contributed by atoms with E-state index in [1.54, 1.807) is 6.07 Å². The lowest BCUT2D eigenvalue weighted by molar-refractivity contribution is 0.818. The standard InChI is InChI=1S/C16H16ClN3/c1-11(19)15-7-6-14(9-16(15)17)20(2)13-5-3-4-12(8-13)10-18/h3-9,11H,19H2,1-2H3. The smallest absolute Gasteiger partial charge is 0.0992 e. The van der Waals surface area contributed by atoms with E-state index in [-0.39, 0.29) is 6.04 Å². The van der Waals surface area contributed by atoms with Crippen LogP contribution < -0.4 is 10.6 Å². The Morgan fingerprint density at radius 1 is 1.20 bits per heavy atom. The van der Waals surface area contributed by atoms with Crippen LogP contribution in [0.15, 0.2) is 42.5 Å². The highest BCUT2D eigenvalue weighted by Gasteiger charge is 2.10. The maximum atomic E-state index is 8.95. The second-order valence-electron chi connectivity index (χ2n) is 4.72. The number of halogens is 1. The minimum absolute atomic E-state index is 0.0937. The van der Waals surface area contributed by atoms with Gasteiger partial charge in [-0.2, -0.15) is 5.26 Å². The van der Waals surface area contributed by atoms with Crippen LogP contribution in [0.5, 0.6) is 0 Å². The molecule has 0 aromatic heterocycles. The first-order chi connectivity index (χ1) is 9.52. The van der Waals surface area contributed by atoms with E-state index in [0.717, 1.165) is 16.9 Å². The zero-order chi connectivity index (χ0) is 14.7. The summed E-state index contributed by atoms with van der Waals surface area (Å²) in [6.07, 6.45) is 0. The largest absolute Gasteiger partial charge is 0.345 e. The van der Waals surface area contributed by atoms with E-state index in [0.29, 0.717) is 10.6 Å². The molecule has 1 unspecified atom stereocenters. The minimum atomic E-state index is -0.0937. The van der Waals surface area contributed by atoms with Crippen LogP contribution in [0.1, 0.15) is 24.1 Å². The first-order valence-electron chi connectivity index (χ1n) is 6.32. The summed E-state index contributed by atoms with van der Waals surface area (Å²) in [6.45, 7) is 1.90. The Hall–Kier alpha value is -2.02. The van der Waals surface area contributed by atoms with Crippen LogP contribution in [-0.2, 0) is 0 Å². The van der Waals surface area contributed by atoms with Gasteiger partial charge in [-0.05, 0) is 42.8 Å². The number of hydrogen-bond donors (Lipinski definition) is 1. The number of hydrogen-bond acceptors (Lipinski definition) is 3. The molecule has 0 saturated carbocycles. The van der Waals surface area contributed by atoms with E-state index in [1.165, 1.54) is 0 Å². The molecular weight excluding hydrogens is 270 g/mol. The zero-order valence-electron chi connectivity index (χ0n) is 11.5. The van der Waals surface area contributed by atoms with Crippen LogP contribution in [0, 0.1) is 11.3 Å². The van der Waals surface area contributed by atoms with Crippen LogP contribution >= 0.6 is 11.6 Å². The summed E-state index contributed by atoms with van der Waals surface area (Å²) < 4.78 is 0.